The maximum Gasteiger partial charge on any atom is 0.229 e. The highest BCUT2D eigenvalue weighted by Crippen LogP contribution is 2.38. The lowest BCUT2D eigenvalue weighted by atomic mass is 10.0. The molecular formula is C15H25N5O. The maximum absolute atomic E-state index is 5.99. The second-order valence-corrected chi connectivity index (χ2v) is 6.87. The van der Waals surface area contributed by atoms with Gasteiger partial charge in [-0.2, -0.15) is 4.98 Å². The summed E-state index contributed by atoms with van der Waals surface area (Å²) >= 11 is 0. The minimum absolute atomic E-state index is 0.416. The smallest absolute Gasteiger partial charge is 0.229 e. The van der Waals surface area contributed by atoms with E-state index < -0.39 is 0 Å². The van der Waals surface area contributed by atoms with Crippen molar-refractivity contribution in [1.29, 1.82) is 0 Å². The molecule has 3 heterocycles. The Morgan fingerprint density at radius 1 is 1.10 bits per heavy atom. The Morgan fingerprint density at radius 3 is 2.67 bits per heavy atom. The molecule has 21 heavy (non-hydrogen) atoms. The molecular weight excluding hydrogens is 266 g/mol. The zero-order valence-electron chi connectivity index (χ0n) is 12.6. The van der Waals surface area contributed by atoms with Crippen LogP contribution in [0.5, 0.6) is 0 Å². The molecule has 116 valence electrons. The molecule has 3 aliphatic rings. The van der Waals surface area contributed by atoms with E-state index in [-0.39, 0.29) is 0 Å². The molecule has 0 amide bonds. The second kappa shape index (κ2) is 5.66. The largest absolute Gasteiger partial charge is 0.339 e. The predicted molar refractivity (Wildman–Crippen MR) is 78.7 cm³/mol. The van der Waals surface area contributed by atoms with E-state index in [1.54, 1.807) is 0 Å². The quantitative estimate of drug-likeness (QED) is 0.890. The zero-order valence-corrected chi connectivity index (χ0v) is 12.6. The fourth-order valence-corrected chi connectivity index (χ4v) is 3.57. The third kappa shape index (κ3) is 3.12. The van der Waals surface area contributed by atoms with E-state index in [0.29, 0.717) is 18.0 Å². The molecule has 1 aliphatic carbocycles. The summed E-state index contributed by atoms with van der Waals surface area (Å²) in [6.45, 7) is 5.42. The number of hydrogen-bond donors (Lipinski definition) is 1. The summed E-state index contributed by atoms with van der Waals surface area (Å²) in [4.78, 5) is 9.61. The Kier molecular flexibility index (Phi) is 3.69. The molecule has 0 spiro atoms. The van der Waals surface area contributed by atoms with Crippen LogP contribution in [0.25, 0.3) is 0 Å². The monoisotopic (exact) mass is 291 g/mol. The van der Waals surface area contributed by atoms with Gasteiger partial charge in [0.1, 0.15) is 0 Å². The fraction of sp³-hybridized carbons (Fsp3) is 0.867. The molecule has 6 heteroatoms. The normalized spacial score (nSPS) is 29.3. The van der Waals surface area contributed by atoms with E-state index in [4.69, 9.17) is 10.3 Å². The Labute approximate surface area is 125 Å². The number of piperidine rings is 1. The molecule has 0 aromatic carbocycles. The van der Waals surface area contributed by atoms with E-state index in [9.17, 15) is 0 Å². The highest BCUT2D eigenvalue weighted by atomic mass is 16.5. The first-order valence-corrected chi connectivity index (χ1v) is 8.32. The van der Waals surface area contributed by atoms with Crippen LogP contribution in [0.15, 0.2) is 4.52 Å². The summed E-state index contributed by atoms with van der Waals surface area (Å²) in [5.41, 5.74) is 5.99. The van der Waals surface area contributed by atoms with Crippen LogP contribution in [0, 0.1) is 0 Å². The van der Waals surface area contributed by atoms with Gasteiger partial charge in [-0.3, -0.25) is 9.80 Å². The molecule has 1 saturated carbocycles. The first kappa shape index (κ1) is 13.7. The van der Waals surface area contributed by atoms with E-state index >= 15 is 0 Å². The van der Waals surface area contributed by atoms with Gasteiger partial charge < -0.3 is 10.3 Å². The summed E-state index contributed by atoms with van der Waals surface area (Å²) in [5.74, 6) is 2.26. The highest BCUT2D eigenvalue weighted by Gasteiger charge is 2.32. The Bertz CT molecular complexity index is 478. The topological polar surface area (TPSA) is 71.4 Å². The average molecular weight is 291 g/mol. The van der Waals surface area contributed by atoms with E-state index in [1.165, 1.54) is 19.3 Å². The summed E-state index contributed by atoms with van der Waals surface area (Å²) in [7, 11) is 0. The number of nitrogens with two attached hydrogens (primary N) is 1. The van der Waals surface area contributed by atoms with E-state index in [0.717, 1.165) is 57.3 Å². The van der Waals surface area contributed by atoms with Crippen LogP contribution in [-0.4, -0.2) is 58.2 Å². The lowest BCUT2D eigenvalue weighted by Crippen LogP contribution is -2.46. The van der Waals surface area contributed by atoms with Crippen LogP contribution >= 0.6 is 0 Å². The van der Waals surface area contributed by atoms with Crippen molar-refractivity contribution in [2.45, 2.75) is 56.7 Å². The highest BCUT2D eigenvalue weighted by molar-refractivity contribution is 5.02. The third-order valence-corrected chi connectivity index (χ3v) is 5.11. The van der Waals surface area contributed by atoms with Crippen molar-refractivity contribution in [2.24, 2.45) is 5.73 Å². The molecule has 1 aromatic heterocycles. The number of aromatic nitrogens is 2. The van der Waals surface area contributed by atoms with Crippen molar-refractivity contribution in [1.82, 2.24) is 19.9 Å². The molecule has 2 saturated heterocycles. The number of rotatable bonds is 4. The Balaban J connectivity index is 1.29. The van der Waals surface area contributed by atoms with Crippen LogP contribution in [0.1, 0.15) is 49.7 Å². The van der Waals surface area contributed by atoms with Crippen LogP contribution in [0.4, 0.5) is 0 Å². The zero-order chi connectivity index (χ0) is 14.2. The standard InChI is InChI=1S/C15H25N5O/c16-12-3-7-20(8-4-12)13-5-6-19(9-13)10-14-17-15(21-18-14)11-1-2-11/h11-13H,1-10,16H2. The summed E-state index contributed by atoms with van der Waals surface area (Å²) in [5, 5.41) is 4.13. The molecule has 6 nitrogen and oxygen atoms in total. The van der Waals surface area contributed by atoms with Crippen molar-refractivity contribution < 1.29 is 4.52 Å². The van der Waals surface area contributed by atoms with Crippen molar-refractivity contribution in [2.75, 3.05) is 26.2 Å². The second-order valence-electron chi connectivity index (χ2n) is 6.87. The van der Waals surface area contributed by atoms with Gasteiger partial charge >= 0.3 is 0 Å². The first-order valence-electron chi connectivity index (χ1n) is 8.32. The molecule has 4 rings (SSSR count). The molecule has 0 radical (unpaired) electrons. The van der Waals surface area contributed by atoms with Crippen molar-refractivity contribution in [3.8, 4) is 0 Å². The lowest BCUT2D eigenvalue weighted by molar-refractivity contribution is 0.151. The Hall–Kier alpha value is -0.980. The van der Waals surface area contributed by atoms with Crippen LogP contribution in [0.2, 0.25) is 0 Å². The van der Waals surface area contributed by atoms with Crippen molar-refractivity contribution in [3.63, 3.8) is 0 Å². The van der Waals surface area contributed by atoms with Crippen molar-refractivity contribution >= 4 is 0 Å². The molecule has 3 fully saturated rings. The van der Waals surface area contributed by atoms with Crippen molar-refractivity contribution in [3.05, 3.63) is 11.7 Å². The maximum atomic E-state index is 5.99. The minimum Gasteiger partial charge on any atom is -0.339 e. The van der Waals surface area contributed by atoms with Gasteiger partial charge in [0, 0.05) is 31.1 Å². The van der Waals surface area contributed by atoms with E-state index in [1.807, 2.05) is 0 Å². The van der Waals surface area contributed by atoms with Gasteiger partial charge in [0.05, 0.1) is 6.54 Å². The molecule has 2 N–H and O–H groups in total. The molecule has 1 atom stereocenters. The van der Waals surface area contributed by atoms with Gasteiger partial charge in [0.25, 0.3) is 0 Å². The van der Waals surface area contributed by atoms with Crippen LogP contribution in [-0.2, 0) is 6.54 Å². The fourth-order valence-electron chi connectivity index (χ4n) is 3.57. The minimum atomic E-state index is 0.416. The van der Waals surface area contributed by atoms with Gasteiger partial charge in [-0.15, -0.1) is 0 Å². The van der Waals surface area contributed by atoms with Gasteiger partial charge in [0.15, 0.2) is 5.82 Å². The SMILES string of the molecule is NC1CCN(C2CCN(Cc3noc(C4CC4)n3)C2)CC1. The van der Waals surface area contributed by atoms with Gasteiger partial charge in [0.2, 0.25) is 5.89 Å². The molecule has 0 bridgehead atoms. The van der Waals surface area contributed by atoms with Gasteiger partial charge in [-0.05, 0) is 45.2 Å². The first-order chi connectivity index (χ1) is 10.3. The predicted octanol–water partition coefficient (Wildman–Crippen LogP) is 0.944. The molecule has 2 aliphatic heterocycles. The van der Waals surface area contributed by atoms with Crippen LogP contribution in [0.3, 0.4) is 0 Å². The number of likely N-dealkylation sites (tertiary alicyclic amines) is 2. The molecule has 1 aromatic rings. The summed E-state index contributed by atoms with van der Waals surface area (Å²) in [6.07, 6.45) is 5.97. The number of hydrogen-bond acceptors (Lipinski definition) is 6. The van der Waals surface area contributed by atoms with Crippen LogP contribution < -0.4 is 5.73 Å². The third-order valence-electron chi connectivity index (χ3n) is 5.11. The summed E-state index contributed by atoms with van der Waals surface area (Å²) < 4.78 is 5.34. The number of nitrogens with zero attached hydrogens (tertiary/aromatic N) is 4. The Morgan fingerprint density at radius 2 is 1.90 bits per heavy atom. The molecule has 1 unspecified atom stereocenters. The van der Waals surface area contributed by atoms with Gasteiger partial charge in [-0.25, -0.2) is 0 Å². The summed E-state index contributed by atoms with van der Waals surface area (Å²) in [6, 6.07) is 1.10. The average Bonchev–Trinajstić information content (AvgIpc) is 3.06. The van der Waals surface area contributed by atoms with E-state index in [2.05, 4.69) is 19.9 Å². The lowest BCUT2D eigenvalue weighted by Gasteiger charge is -2.34. The van der Waals surface area contributed by atoms with Gasteiger partial charge in [-0.1, -0.05) is 5.16 Å².